The largest absolute Gasteiger partial charge is 0.464 e. The molecule has 3 heterocycles. The highest BCUT2D eigenvalue weighted by atomic mass is 16.5. The average Bonchev–Trinajstić information content (AvgIpc) is 2.99. The molecule has 1 aliphatic heterocycles. The number of aromatic nitrogens is 1. The zero-order chi connectivity index (χ0) is 17.9. The highest BCUT2D eigenvalue weighted by Gasteiger charge is 2.24. The number of carbonyl (C=O) groups is 1. The van der Waals surface area contributed by atoms with Crippen molar-refractivity contribution in [2.45, 2.75) is 13.3 Å². The second-order valence-corrected chi connectivity index (χ2v) is 6.85. The molecule has 1 aliphatic rings. The molecule has 2 aromatic heterocycles. The Morgan fingerprint density at radius 2 is 2.19 bits per heavy atom. The zero-order valence-electron chi connectivity index (χ0n) is 14.9. The quantitative estimate of drug-likeness (QED) is 0.726. The summed E-state index contributed by atoms with van der Waals surface area (Å²) in [6.07, 6.45) is 2.56. The highest BCUT2D eigenvalue weighted by molar-refractivity contribution is 5.92. The molecule has 0 unspecified atom stereocenters. The molecule has 1 atom stereocenters. The van der Waals surface area contributed by atoms with Crippen LogP contribution in [0, 0.1) is 12.8 Å². The maximum absolute atomic E-state index is 12.8. The second kappa shape index (κ2) is 7.30. The van der Waals surface area contributed by atoms with Gasteiger partial charge in [-0.2, -0.15) is 0 Å². The van der Waals surface area contributed by atoms with Gasteiger partial charge < -0.3 is 14.1 Å². The summed E-state index contributed by atoms with van der Waals surface area (Å²) >= 11 is 0. The Morgan fingerprint density at radius 1 is 1.27 bits per heavy atom. The first kappa shape index (κ1) is 16.8. The number of nitrogens with zero attached hydrogens (tertiary/aromatic N) is 2. The topological polar surface area (TPSA) is 55.6 Å². The van der Waals surface area contributed by atoms with Gasteiger partial charge in [0.05, 0.1) is 19.5 Å². The van der Waals surface area contributed by atoms with Gasteiger partial charge in [-0.15, -0.1) is 0 Å². The Morgan fingerprint density at radius 3 is 3.08 bits per heavy atom. The molecule has 0 bridgehead atoms. The van der Waals surface area contributed by atoms with Crippen molar-refractivity contribution in [2.75, 3.05) is 26.3 Å². The van der Waals surface area contributed by atoms with Gasteiger partial charge in [0.2, 0.25) is 0 Å². The molecule has 134 valence electrons. The highest BCUT2D eigenvalue weighted by Crippen LogP contribution is 2.21. The number of furan rings is 1. The molecule has 5 heteroatoms. The Kier molecular flexibility index (Phi) is 4.71. The first-order chi connectivity index (χ1) is 12.7. The van der Waals surface area contributed by atoms with E-state index in [1.165, 1.54) is 5.56 Å². The predicted octanol–water partition coefficient (Wildman–Crippen LogP) is 3.47. The summed E-state index contributed by atoms with van der Waals surface area (Å²) in [5.74, 6) is 0.226. The number of fused-ring (bicyclic) bond motifs is 1. The summed E-state index contributed by atoms with van der Waals surface area (Å²) in [6, 6.07) is 13.8. The van der Waals surface area contributed by atoms with Crippen molar-refractivity contribution in [1.29, 1.82) is 0 Å². The zero-order valence-corrected chi connectivity index (χ0v) is 14.9. The van der Waals surface area contributed by atoms with Gasteiger partial charge in [0.15, 0.2) is 0 Å². The summed E-state index contributed by atoms with van der Waals surface area (Å²) in [7, 11) is 0. The SMILES string of the molecule is Cc1cccc(C(=O)N2CCOC[C@H](Cc3ccc4ccoc4c3)C2)n1. The molecule has 0 N–H and O–H groups in total. The van der Waals surface area contributed by atoms with Crippen molar-refractivity contribution in [2.24, 2.45) is 5.92 Å². The minimum absolute atomic E-state index is 0.0225. The maximum atomic E-state index is 12.8. The van der Waals surface area contributed by atoms with Crippen LogP contribution in [0.25, 0.3) is 11.0 Å². The van der Waals surface area contributed by atoms with Crippen LogP contribution in [-0.4, -0.2) is 42.1 Å². The summed E-state index contributed by atoms with van der Waals surface area (Å²) in [5.41, 5.74) is 3.45. The fourth-order valence-electron chi connectivity index (χ4n) is 3.47. The molecule has 0 saturated carbocycles. The van der Waals surface area contributed by atoms with E-state index in [-0.39, 0.29) is 11.8 Å². The molecule has 5 nitrogen and oxygen atoms in total. The van der Waals surface area contributed by atoms with Gasteiger partial charge in [0, 0.05) is 30.1 Å². The third-order valence-electron chi connectivity index (χ3n) is 4.78. The third kappa shape index (κ3) is 3.63. The van der Waals surface area contributed by atoms with Gasteiger partial charge >= 0.3 is 0 Å². The van der Waals surface area contributed by atoms with Gasteiger partial charge in [0.25, 0.3) is 5.91 Å². The van der Waals surface area contributed by atoms with Gasteiger partial charge in [-0.1, -0.05) is 18.2 Å². The minimum atomic E-state index is -0.0225. The Labute approximate surface area is 152 Å². The average molecular weight is 350 g/mol. The summed E-state index contributed by atoms with van der Waals surface area (Å²) < 4.78 is 11.3. The van der Waals surface area contributed by atoms with Gasteiger partial charge in [0.1, 0.15) is 11.3 Å². The normalized spacial score (nSPS) is 18.0. The van der Waals surface area contributed by atoms with E-state index in [0.29, 0.717) is 32.0 Å². The minimum Gasteiger partial charge on any atom is -0.464 e. The summed E-state index contributed by atoms with van der Waals surface area (Å²) in [6.45, 7) is 4.38. The number of pyridine rings is 1. The number of aryl methyl sites for hydroxylation is 1. The number of hydrogen-bond acceptors (Lipinski definition) is 4. The lowest BCUT2D eigenvalue weighted by Gasteiger charge is -2.23. The maximum Gasteiger partial charge on any atom is 0.272 e. The fraction of sp³-hybridized carbons (Fsp3) is 0.333. The van der Waals surface area contributed by atoms with Crippen molar-refractivity contribution in [1.82, 2.24) is 9.88 Å². The molecule has 0 aliphatic carbocycles. The van der Waals surface area contributed by atoms with E-state index in [0.717, 1.165) is 23.1 Å². The number of benzene rings is 1. The van der Waals surface area contributed by atoms with Crippen LogP contribution in [-0.2, 0) is 11.2 Å². The van der Waals surface area contributed by atoms with Crippen molar-refractivity contribution in [3.8, 4) is 0 Å². The van der Waals surface area contributed by atoms with Crippen LogP contribution in [0.5, 0.6) is 0 Å². The monoisotopic (exact) mass is 350 g/mol. The molecular weight excluding hydrogens is 328 g/mol. The van der Waals surface area contributed by atoms with Gasteiger partial charge in [-0.3, -0.25) is 4.79 Å². The van der Waals surface area contributed by atoms with Crippen LogP contribution in [0.3, 0.4) is 0 Å². The van der Waals surface area contributed by atoms with Crippen LogP contribution >= 0.6 is 0 Å². The first-order valence-corrected chi connectivity index (χ1v) is 8.96. The molecule has 0 radical (unpaired) electrons. The van der Waals surface area contributed by atoms with Gasteiger partial charge in [-0.25, -0.2) is 4.98 Å². The number of rotatable bonds is 3. The van der Waals surface area contributed by atoms with E-state index in [2.05, 4.69) is 23.2 Å². The molecule has 1 saturated heterocycles. The first-order valence-electron chi connectivity index (χ1n) is 8.96. The Hall–Kier alpha value is -2.66. The van der Waals surface area contributed by atoms with E-state index in [1.54, 1.807) is 12.3 Å². The molecular formula is C21H22N2O3. The van der Waals surface area contributed by atoms with Crippen LogP contribution in [0.2, 0.25) is 0 Å². The smallest absolute Gasteiger partial charge is 0.272 e. The molecule has 0 spiro atoms. The van der Waals surface area contributed by atoms with Crippen molar-refractivity contribution in [3.63, 3.8) is 0 Å². The van der Waals surface area contributed by atoms with Crippen LogP contribution in [0.15, 0.2) is 53.1 Å². The van der Waals surface area contributed by atoms with Crippen molar-refractivity contribution in [3.05, 3.63) is 65.7 Å². The fourth-order valence-corrected chi connectivity index (χ4v) is 3.47. The standard InChI is InChI=1S/C21H22N2O3/c1-15-3-2-4-19(22-15)21(24)23-8-10-25-14-17(13-23)11-16-5-6-18-7-9-26-20(18)12-16/h2-7,9,12,17H,8,10-11,13-14H2,1H3/t17-/m1/s1. The van der Waals surface area contributed by atoms with E-state index < -0.39 is 0 Å². The summed E-state index contributed by atoms with van der Waals surface area (Å²) in [4.78, 5) is 19.1. The number of carbonyl (C=O) groups excluding carboxylic acids is 1. The van der Waals surface area contributed by atoms with Crippen LogP contribution < -0.4 is 0 Å². The second-order valence-electron chi connectivity index (χ2n) is 6.85. The van der Waals surface area contributed by atoms with Crippen molar-refractivity contribution >= 4 is 16.9 Å². The van der Waals surface area contributed by atoms with Crippen molar-refractivity contribution < 1.29 is 13.9 Å². The molecule has 4 rings (SSSR count). The Bertz CT molecular complexity index is 918. The lowest BCUT2D eigenvalue weighted by molar-refractivity contribution is 0.0731. The van der Waals surface area contributed by atoms with E-state index in [4.69, 9.17) is 9.15 Å². The van der Waals surface area contributed by atoms with Gasteiger partial charge in [-0.05, 0) is 43.2 Å². The molecule has 1 fully saturated rings. The molecule has 26 heavy (non-hydrogen) atoms. The van der Waals surface area contributed by atoms with E-state index in [1.807, 2.05) is 30.0 Å². The van der Waals surface area contributed by atoms with E-state index >= 15 is 0 Å². The lowest BCUT2D eigenvalue weighted by Crippen LogP contribution is -2.36. The van der Waals surface area contributed by atoms with E-state index in [9.17, 15) is 4.79 Å². The number of hydrogen-bond donors (Lipinski definition) is 0. The third-order valence-corrected chi connectivity index (χ3v) is 4.78. The number of ether oxygens (including phenoxy) is 1. The van der Waals surface area contributed by atoms with Crippen LogP contribution in [0.1, 0.15) is 21.7 Å². The molecule has 1 aromatic carbocycles. The molecule has 1 amide bonds. The number of amides is 1. The van der Waals surface area contributed by atoms with Crippen LogP contribution in [0.4, 0.5) is 0 Å². The molecule has 3 aromatic rings. The predicted molar refractivity (Wildman–Crippen MR) is 99.1 cm³/mol. The summed E-state index contributed by atoms with van der Waals surface area (Å²) in [5, 5.41) is 1.10. The Balaban J connectivity index is 1.49. The lowest BCUT2D eigenvalue weighted by atomic mass is 9.99.